The Kier molecular flexibility index (Phi) is 4.68. The van der Waals surface area contributed by atoms with E-state index in [9.17, 15) is 4.79 Å². The van der Waals surface area contributed by atoms with Crippen molar-refractivity contribution in [1.82, 2.24) is 19.7 Å². The van der Waals surface area contributed by atoms with Crippen LogP contribution in [0, 0.1) is 6.92 Å². The summed E-state index contributed by atoms with van der Waals surface area (Å²) in [7, 11) is 1.85. The van der Waals surface area contributed by atoms with Gasteiger partial charge in [0.2, 0.25) is 0 Å². The third-order valence-corrected chi connectivity index (χ3v) is 5.45. The lowest BCUT2D eigenvalue weighted by molar-refractivity contribution is 0.102. The number of rotatable bonds is 4. The van der Waals surface area contributed by atoms with Crippen molar-refractivity contribution in [2.45, 2.75) is 26.7 Å². The zero-order chi connectivity index (χ0) is 19.8. The van der Waals surface area contributed by atoms with Gasteiger partial charge in [-0.25, -0.2) is 9.97 Å². The van der Waals surface area contributed by atoms with Crippen LogP contribution in [0.5, 0.6) is 0 Å². The summed E-state index contributed by atoms with van der Waals surface area (Å²) in [6.45, 7) is 6.03. The third kappa shape index (κ3) is 3.29. The van der Waals surface area contributed by atoms with Gasteiger partial charge in [0.15, 0.2) is 5.65 Å². The van der Waals surface area contributed by atoms with E-state index in [2.05, 4.69) is 29.2 Å². The molecule has 0 radical (unpaired) electrons. The molecular weight excluding hydrogens is 370 g/mol. The summed E-state index contributed by atoms with van der Waals surface area (Å²) < 4.78 is 1.73. The van der Waals surface area contributed by atoms with Crippen LogP contribution in [0.15, 0.2) is 41.9 Å². The molecule has 1 N–H and O–H groups in total. The van der Waals surface area contributed by atoms with Gasteiger partial charge in [0.25, 0.3) is 5.91 Å². The number of thiazole rings is 1. The van der Waals surface area contributed by atoms with Gasteiger partial charge in [-0.05, 0) is 31.0 Å². The summed E-state index contributed by atoms with van der Waals surface area (Å²) >= 11 is 1.57. The van der Waals surface area contributed by atoms with Gasteiger partial charge in [0.1, 0.15) is 5.01 Å². The Morgan fingerprint density at radius 1 is 1.25 bits per heavy atom. The predicted molar refractivity (Wildman–Crippen MR) is 113 cm³/mol. The van der Waals surface area contributed by atoms with E-state index in [1.165, 1.54) is 0 Å². The van der Waals surface area contributed by atoms with E-state index >= 15 is 0 Å². The summed E-state index contributed by atoms with van der Waals surface area (Å²) in [5.41, 5.74) is 4.70. The molecule has 3 aromatic heterocycles. The Labute approximate surface area is 167 Å². The van der Waals surface area contributed by atoms with Crippen LogP contribution in [0.25, 0.3) is 21.6 Å². The number of aromatic nitrogens is 4. The Hall–Kier alpha value is -3.06. The number of hydrogen-bond acceptors (Lipinski definition) is 5. The van der Waals surface area contributed by atoms with Crippen molar-refractivity contribution < 1.29 is 4.79 Å². The van der Waals surface area contributed by atoms with Crippen LogP contribution in [0.4, 0.5) is 5.69 Å². The van der Waals surface area contributed by atoms with Gasteiger partial charge in [-0.2, -0.15) is 5.10 Å². The van der Waals surface area contributed by atoms with Crippen LogP contribution < -0.4 is 5.32 Å². The predicted octanol–water partition coefficient (Wildman–Crippen LogP) is 4.78. The minimum atomic E-state index is -0.165. The number of nitrogens with one attached hydrogen (secondary N) is 1. The number of fused-ring (bicyclic) bond motifs is 1. The Bertz CT molecular complexity index is 1160. The van der Waals surface area contributed by atoms with Crippen LogP contribution in [0.1, 0.15) is 41.5 Å². The van der Waals surface area contributed by atoms with Gasteiger partial charge in [0, 0.05) is 35.6 Å². The topological polar surface area (TPSA) is 72.7 Å². The van der Waals surface area contributed by atoms with E-state index in [1.807, 2.05) is 49.7 Å². The van der Waals surface area contributed by atoms with Gasteiger partial charge < -0.3 is 5.32 Å². The van der Waals surface area contributed by atoms with Crippen molar-refractivity contribution in [2.24, 2.45) is 7.05 Å². The Morgan fingerprint density at radius 3 is 2.79 bits per heavy atom. The highest BCUT2D eigenvalue weighted by atomic mass is 32.1. The molecule has 0 saturated carbocycles. The molecule has 1 amide bonds. The smallest absolute Gasteiger partial charge is 0.256 e. The first kappa shape index (κ1) is 18.3. The van der Waals surface area contributed by atoms with Crippen LogP contribution in [-0.4, -0.2) is 25.7 Å². The van der Waals surface area contributed by atoms with E-state index in [1.54, 1.807) is 22.2 Å². The molecule has 0 aliphatic rings. The average Bonchev–Trinajstić information content (AvgIpc) is 3.30. The largest absolute Gasteiger partial charge is 0.322 e. The van der Waals surface area contributed by atoms with Gasteiger partial charge >= 0.3 is 0 Å². The Balaban J connectivity index is 1.74. The maximum atomic E-state index is 13.2. The zero-order valence-electron chi connectivity index (χ0n) is 16.2. The van der Waals surface area contributed by atoms with E-state index in [4.69, 9.17) is 4.98 Å². The highest BCUT2D eigenvalue weighted by molar-refractivity contribution is 7.13. The average molecular weight is 392 g/mol. The fraction of sp³-hybridized carbons (Fsp3) is 0.238. The molecular formula is C21H21N5OS. The highest BCUT2D eigenvalue weighted by Gasteiger charge is 2.20. The molecule has 7 heteroatoms. The molecule has 0 saturated heterocycles. The van der Waals surface area contributed by atoms with E-state index in [-0.39, 0.29) is 11.8 Å². The fourth-order valence-corrected chi connectivity index (χ4v) is 3.87. The van der Waals surface area contributed by atoms with E-state index in [0.717, 1.165) is 38.7 Å². The summed E-state index contributed by atoms with van der Waals surface area (Å²) in [6.07, 6.45) is 1.78. The van der Waals surface area contributed by atoms with E-state index < -0.39 is 0 Å². The molecule has 4 aromatic rings. The lowest BCUT2D eigenvalue weighted by atomic mass is 10.0. The molecule has 6 nitrogen and oxygen atoms in total. The number of nitrogens with zero attached hydrogens (tertiary/aromatic N) is 4. The number of carbonyl (C=O) groups excluding carboxylic acids is 1. The number of pyridine rings is 1. The SMILES string of the molecule is Cc1nn(C)c2nc(C(C)C)cc(C(=O)Nc3cccc(-c4nccs4)c3)c12. The van der Waals surface area contributed by atoms with Gasteiger partial charge in [0.05, 0.1) is 16.6 Å². The van der Waals surface area contributed by atoms with E-state index in [0.29, 0.717) is 5.56 Å². The minimum absolute atomic E-state index is 0.165. The zero-order valence-corrected chi connectivity index (χ0v) is 17.0. The molecule has 1 aromatic carbocycles. The molecule has 28 heavy (non-hydrogen) atoms. The van der Waals surface area contributed by atoms with Crippen molar-refractivity contribution >= 4 is 34.0 Å². The number of anilines is 1. The molecule has 0 unspecified atom stereocenters. The van der Waals surface area contributed by atoms with Gasteiger partial charge in [-0.15, -0.1) is 11.3 Å². The van der Waals surface area contributed by atoms with Crippen molar-refractivity contribution in [2.75, 3.05) is 5.32 Å². The van der Waals surface area contributed by atoms with Gasteiger partial charge in [-0.3, -0.25) is 9.48 Å². The molecule has 0 fully saturated rings. The number of benzene rings is 1. The number of carbonyl (C=O) groups is 1. The number of amides is 1. The quantitative estimate of drug-likeness (QED) is 0.543. The molecule has 0 bridgehead atoms. The lowest BCUT2D eigenvalue weighted by Crippen LogP contribution is -2.14. The molecule has 142 valence electrons. The maximum Gasteiger partial charge on any atom is 0.256 e. The lowest BCUT2D eigenvalue weighted by Gasteiger charge is -2.11. The van der Waals surface area contributed by atoms with Crippen molar-refractivity contribution in [3.05, 3.63) is 58.9 Å². The molecule has 3 heterocycles. The second-order valence-corrected chi connectivity index (χ2v) is 7.92. The van der Waals surface area contributed by atoms with Crippen LogP contribution in [0.2, 0.25) is 0 Å². The van der Waals surface area contributed by atoms with Gasteiger partial charge in [-0.1, -0.05) is 26.0 Å². The number of hydrogen-bond donors (Lipinski definition) is 1. The summed E-state index contributed by atoms with van der Waals surface area (Å²) in [6, 6.07) is 9.60. The first-order chi connectivity index (χ1) is 13.4. The Morgan fingerprint density at radius 2 is 2.07 bits per heavy atom. The van der Waals surface area contributed by atoms with Crippen molar-refractivity contribution in [3.63, 3.8) is 0 Å². The standard InChI is InChI=1S/C21H21N5OS/c1-12(2)17-11-16(18-13(3)25-26(4)19(18)24-17)20(27)23-15-7-5-6-14(10-15)21-22-8-9-28-21/h5-12H,1-4H3,(H,23,27). The highest BCUT2D eigenvalue weighted by Crippen LogP contribution is 2.27. The molecule has 0 atom stereocenters. The second kappa shape index (κ2) is 7.16. The first-order valence-corrected chi connectivity index (χ1v) is 9.97. The molecule has 4 rings (SSSR count). The molecule has 0 spiro atoms. The first-order valence-electron chi connectivity index (χ1n) is 9.09. The monoisotopic (exact) mass is 391 g/mol. The summed E-state index contributed by atoms with van der Waals surface area (Å²) in [5.74, 6) is 0.0427. The summed E-state index contributed by atoms with van der Waals surface area (Å²) in [5, 5.41) is 11.1. The maximum absolute atomic E-state index is 13.2. The number of aryl methyl sites for hydroxylation is 2. The van der Waals surface area contributed by atoms with Crippen LogP contribution >= 0.6 is 11.3 Å². The second-order valence-electron chi connectivity index (χ2n) is 7.03. The molecule has 0 aliphatic carbocycles. The fourth-order valence-electron chi connectivity index (χ4n) is 3.23. The minimum Gasteiger partial charge on any atom is -0.322 e. The van der Waals surface area contributed by atoms with Crippen molar-refractivity contribution in [1.29, 1.82) is 0 Å². The molecule has 0 aliphatic heterocycles. The van der Waals surface area contributed by atoms with Crippen LogP contribution in [0.3, 0.4) is 0 Å². The van der Waals surface area contributed by atoms with Crippen LogP contribution in [-0.2, 0) is 7.05 Å². The van der Waals surface area contributed by atoms with Crippen molar-refractivity contribution in [3.8, 4) is 10.6 Å². The summed E-state index contributed by atoms with van der Waals surface area (Å²) in [4.78, 5) is 22.2. The normalized spacial score (nSPS) is 11.3. The third-order valence-electron chi connectivity index (χ3n) is 4.62.